The summed E-state index contributed by atoms with van der Waals surface area (Å²) >= 11 is 12.2. The van der Waals surface area contributed by atoms with Crippen molar-refractivity contribution >= 4 is 34.8 Å². The summed E-state index contributed by atoms with van der Waals surface area (Å²) in [5, 5.41) is 7.75. The van der Waals surface area contributed by atoms with Gasteiger partial charge in [0, 0.05) is 31.7 Å². The Morgan fingerprint density at radius 2 is 1.68 bits per heavy atom. The molecule has 0 saturated carbocycles. The van der Waals surface area contributed by atoms with Crippen LogP contribution in [0.1, 0.15) is 11.5 Å². The Labute approximate surface area is 190 Å². The summed E-state index contributed by atoms with van der Waals surface area (Å²) in [5.74, 6) is 1.06. The van der Waals surface area contributed by atoms with Crippen LogP contribution in [-0.2, 0) is 11.3 Å². The van der Waals surface area contributed by atoms with Crippen LogP contribution in [0.25, 0.3) is 11.4 Å². The normalized spacial score (nSPS) is 15.2. The van der Waals surface area contributed by atoms with Gasteiger partial charge in [0.1, 0.15) is 0 Å². The number of para-hydroxylation sites is 1. The van der Waals surface area contributed by atoms with Crippen molar-refractivity contribution in [2.24, 2.45) is 0 Å². The van der Waals surface area contributed by atoms with Gasteiger partial charge in [0.15, 0.2) is 0 Å². The first kappa shape index (κ1) is 21.8. The van der Waals surface area contributed by atoms with Crippen molar-refractivity contribution in [1.82, 2.24) is 19.9 Å². The highest BCUT2D eigenvalue weighted by atomic mass is 35.5. The topological polar surface area (TPSA) is 74.5 Å². The van der Waals surface area contributed by atoms with Gasteiger partial charge in [0.2, 0.25) is 17.6 Å². The molecule has 1 aromatic heterocycles. The van der Waals surface area contributed by atoms with Crippen LogP contribution < -0.4 is 5.32 Å². The number of carbonyl (C=O) groups is 1. The molecule has 1 amide bonds. The first-order valence-electron chi connectivity index (χ1n) is 10.1. The number of nitrogens with zero attached hydrogens (tertiary/aromatic N) is 4. The number of aromatic nitrogens is 2. The minimum Gasteiger partial charge on any atom is -0.338 e. The molecular formula is C22H23Cl2N5O2. The van der Waals surface area contributed by atoms with Crippen molar-refractivity contribution in [3.8, 4) is 11.4 Å². The molecular weight excluding hydrogens is 437 g/mol. The third kappa shape index (κ3) is 5.62. The van der Waals surface area contributed by atoms with Crippen molar-refractivity contribution in [2.45, 2.75) is 13.5 Å². The van der Waals surface area contributed by atoms with Gasteiger partial charge in [-0.3, -0.25) is 14.6 Å². The quantitative estimate of drug-likeness (QED) is 0.597. The molecule has 9 heteroatoms. The smallest absolute Gasteiger partial charge is 0.241 e. The maximum Gasteiger partial charge on any atom is 0.241 e. The van der Waals surface area contributed by atoms with Crippen LogP contribution in [0.15, 0.2) is 47.0 Å². The zero-order valence-corrected chi connectivity index (χ0v) is 18.7. The van der Waals surface area contributed by atoms with E-state index in [1.807, 2.05) is 31.2 Å². The Morgan fingerprint density at radius 1 is 1.03 bits per heavy atom. The molecule has 1 fully saturated rings. The molecule has 0 unspecified atom stereocenters. The lowest BCUT2D eigenvalue weighted by Crippen LogP contribution is -2.48. The van der Waals surface area contributed by atoms with Gasteiger partial charge >= 0.3 is 0 Å². The number of benzene rings is 2. The predicted octanol–water partition coefficient (Wildman–Crippen LogP) is 4.11. The van der Waals surface area contributed by atoms with Crippen LogP contribution in [0, 0.1) is 6.92 Å². The second kappa shape index (κ2) is 9.78. The van der Waals surface area contributed by atoms with E-state index in [1.54, 1.807) is 18.2 Å². The average molecular weight is 460 g/mol. The molecule has 3 aromatic rings. The van der Waals surface area contributed by atoms with Crippen molar-refractivity contribution < 1.29 is 9.32 Å². The molecule has 0 spiro atoms. The third-order valence-electron chi connectivity index (χ3n) is 5.20. The van der Waals surface area contributed by atoms with Gasteiger partial charge in [-0.05, 0) is 19.1 Å². The van der Waals surface area contributed by atoms with Crippen LogP contribution in [0.2, 0.25) is 10.0 Å². The van der Waals surface area contributed by atoms with E-state index in [-0.39, 0.29) is 12.5 Å². The molecule has 2 aromatic carbocycles. The largest absolute Gasteiger partial charge is 0.338 e. The molecule has 4 rings (SSSR count). The molecule has 1 N–H and O–H groups in total. The first-order valence-corrected chi connectivity index (χ1v) is 10.8. The predicted molar refractivity (Wildman–Crippen MR) is 121 cm³/mol. The lowest BCUT2D eigenvalue weighted by molar-refractivity contribution is -0.117. The van der Waals surface area contributed by atoms with Gasteiger partial charge < -0.3 is 9.84 Å². The minimum absolute atomic E-state index is 0.136. The zero-order valence-electron chi connectivity index (χ0n) is 17.1. The molecule has 0 aliphatic carbocycles. The second-order valence-electron chi connectivity index (χ2n) is 7.57. The third-order valence-corrected chi connectivity index (χ3v) is 5.83. The van der Waals surface area contributed by atoms with Gasteiger partial charge in [-0.2, -0.15) is 4.98 Å². The molecule has 1 saturated heterocycles. The second-order valence-corrected chi connectivity index (χ2v) is 8.39. The van der Waals surface area contributed by atoms with Crippen LogP contribution in [-0.4, -0.2) is 58.6 Å². The van der Waals surface area contributed by atoms with E-state index in [2.05, 4.69) is 25.3 Å². The van der Waals surface area contributed by atoms with Crippen molar-refractivity contribution in [1.29, 1.82) is 0 Å². The number of hydrogen-bond acceptors (Lipinski definition) is 6. The SMILES string of the molecule is Cc1ccc(-c2noc(CN3CCN(CC(=O)Nc4c(Cl)cccc4Cl)CC3)n2)cc1. The van der Waals surface area contributed by atoms with Crippen molar-refractivity contribution in [3.05, 3.63) is 64.0 Å². The molecule has 31 heavy (non-hydrogen) atoms. The van der Waals surface area contributed by atoms with E-state index in [0.29, 0.717) is 34.0 Å². The van der Waals surface area contributed by atoms with Crippen molar-refractivity contribution in [3.63, 3.8) is 0 Å². The summed E-state index contributed by atoms with van der Waals surface area (Å²) in [6.45, 7) is 6.07. The summed E-state index contributed by atoms with van der Waals surface area (Å²) in [6.07, 6.45) is 0. The highest BCUT2D eigenvalue weighted by Gasteiger charge is 2.21. The van der Waals surface area contributed by atoms with E-state index in [0.717, 1.165) is 31.7 Å². The number of piperazine rings is 1. The zero-order chi connectivity index (χ0) is 21.8. The first-order chi connectivity index (χ1) is 15.0. The Balaban J connectivity index is 1.25. The molecule has 1 aliphatic heterocycles. The highest BCUT2D eigenvalue weighted by molar-refractivity contribution is 6.39. The number of amides is 1. The van der Waals surface area contributed by atoms with E-state index in [1.165, 1.54) is 5.56 Å². The lowest BCUT2D eigenvalue weighted by atomic mass is 10.1. The van der Waals surface area contributed by atoms with E-state index in [4.69, 9.17) is 27.7 Å². The molecule has 0 bridgehead atoms. The Morgan fingerprint density at radius 3 is 2.35 bits per heavy atom. The summed E-state index contributed by atoms with van der Waals surface area (Å²) in [7, 11) is 0. The summed E-state index contributed by atoms with van der Waals surface area (Å²) in [6, 6.07) is 13.2. The summed E-state index contributed by atoms with van der Waals surface area (Å²) in [5.41, 5.74) is 2.58. The molecule has 7 nitrogen and oxygen atoms in total. The Bertz CT molecular complexity index is 1030. The molecule has 0 atom stereocenters. The average Bonchev–Trinajstić information content (AvgIpc) is 3.21. The maximum atomic E-state index is 12.4. The van der Waals surface area contributed by atoms with E-state index < -0.39 is 0 Å². The fourth-order valence-corrected chi connectivity index (χ4v) is 3.93. The standard InChI is InChI=1S/C22H23Cl2N5O2/c1-15-5-7-16(8-6-15)22-26-20(31-27-22)14-29-11-9-28(10-12-29)13-19(30)25-21-17(23)3-2-4-18(21)24/h2-8H,9-14H2,1H3,(H,25,30). The van der Waals surface area contributed by atoms with Crippen LogP contribution in [0.5, 0.6) is 0 Å². The monoisotopic (exact) mass is 459 g/mol. The fraction of sp³-hybridized carbons (Fsp3) is 0.318. The molecule has 162 valence electrons. The lowest BCUT2D eigenvalue weighted by Gasteiger charge is -2.33. The number of carbonyl (C=O) groups excluding carboxylic acids is 1. The number of rotatable bonds is 6. The van der Waals surface area contributed by atoms with Gasteiger partial charge in [0.25, 0.3) is 0 Å². The van der Waals surface area contributed by atoms with Gasteiger partial charge in [0.05, 0.1) is 28.8 Å². The maximum absolute atomic E-state index is 12.4. The van der Waals surface area contributed by atoms with Crippen LogP contribution in [0.4, 0.5) is 5.69 Å². The number of nitrogens with one attached hydrogen (secondary N) is 1. The highest BCUT2D eigenvalue weighted by Crippen LogP contribution is 2.29. The Kier molecular flexibility index (Phi) is 6.87. The number of hydrogen-bond donors (Lipinski definition) is 1. The van der Waals surface area contributed by atoms with Gasteiger partial charge in [-0.25, -0.2) is 0 Å². The van der Waals surface area contributed by atoms with Gasteiger partial charge in [-0.15, -0.1) is 0 Å². The van der Waals surface area contributed by atoms with Gasteiger partial charge in [-0.1, -0.05) is 64.3 Å². The Hall–Kier alpha value is -2.45. The van der Waals surface area contributed by atoms with E-state index >= 15 is 0 Å². The fourth-order valence-electron chi connectivity index (χ4n) is 3.44. The van der Waals surface area contributed by atoms with E-state index in [9.17, 15) is 4.79 Å². The minimum atomic E-state index is -0.136. The van der Waals surface area contributed by atoms with Crippen LogP contribution in [0.3, 0.4) is 0 Å². The molecule has 1 aliphatic rings. The molecule has 0 radical (unpaired) electrons. The number of anilines is 1. The van der Waals surface area contributed by atoms with Crippen LogP contribution >= 0.6 is 23.2 Å². The number of halogens is 2. The molecule has 2 heterocycles. The number of aryl methyl sites for hydroxylation is 1. The van der Waals surface area contributed by atoms with Crippen molar-refractivity contribution in [2.75, 3.05) is 38.0 Å². The summed E-state index contributed by atoms with van der Waals surface area (Å²) < 4.78 is 5.43. The summed E-state index contributed by atoms with van der Waals surface area (Å²) in [4.78, 5) is 21.3.